The lowest BCUT2D eigenvalue weighted by atomic mass is 10.3. The predicted octanol–water partition coefficient (Wildman–Crippen LogP) is 0.767. The molecule has 0 saturated heterocycles. The van der Waals surface area contributed by atoms with Gasteiger partial charge in [-0.2, -0.15) is 0 Å². The Morgan fingerprint density at radius 3 is 3.14 bits per heavy atom. The SMILES string of the molecule is CCOCC(O)CNCc1ccco1. The van der Waals surface area contributed by atoms with Gasteiger partial charge in [0.1, 0.15) is 5.76 Å². The highest BCUT2D eigenvalue weighted by atomic mass is 16.5. The highest BCUT2D eigenvalue weighted by Gasteiger charge is 2.03. The van der Waals surface area contributed by atoms with Crippen LogP contribution >= 0.6 is 0 Å². The zero-order chi connectivity index (χ0) is 10.2. The second kappa shape index (κ2) is 6.59. The van der Waals surface area contributed by atoms with E-state index in [1.807, 2.05) is 19.1 Å². The largest absolute Gasteiger partial charge is 0.468 e. The van der Waals surface area contributed by atoms with Crippen LogP contribution in [0.25, 0.3) is 0 Å². The van der Waals surface area contributed by atoms with Crippen molar-refractivity contribution in [2.75, 3.05) is 19.8 Å². The van der Waals surface area contributed by atoms with Crippen molar-refractivity contribution in [3.8, 4) is 0 Å². The van der Waals surface area contributed by atoms with Gasteiger partial charge in [-0.25, -0.2) is 0 Å². The molecule has 1 atom stereocenters. The Morgan fingerprint density at radius 1 is 1.64 bits per heavy atom. The van der Waals surface area contributed by atoms with E-state index < -0.39 is 6.10 Å². The number of aliphatic hydroxyl groups is 1. The molecule has 1 rings (SSSR count). The van der Waals surface area contributed by atoms with E-state index in [1.165, 1.54) is 0 Å². The van der Waals surface area contributed by atoms with Crippen molar-refractivity contribution in [3.05, 3.63) is 24.2 Å². The van der Waals surface area contributed by atoms with E-state index in [2.05, 4.69) is 5.32 Å². The van der Waals surface area contributed by atoms with Gasteiger partial charge in [0.05, 0.1) is 25.5 Å². The van der Waals surface area contributed by atoms with Gasteiger partial charge in [-0.05, 0) is 19.1 Å². The Labute approximate surface area is 83.9 Å². The van der Waals surface area contributed by atoms with E-state index in [0.717, 1.165) is 5.76 Å². The highest BCUT2D eigenvalue weighted by Crippen LogP contribution is 1.98. The van der Waals surface area contributed by atoms with Crippen LogP contribution in [0.3, 0.4) is 0 Å². The standard InChI is InChI=1S/C10H17NO3/c1-2-13-8-9(12)6-11-7-10-4-3-5-14-10/h3-5,9,11-12H,2,6-8H2,1H3. The number of hydrogen-bond acceptors (Lipinski definition) is 4. The maximum atomic E-state index is 9.39. The molecule has 0 aliphatic carbocycles. The summed E-state index contributed by atoms with van der Waals surface area (Å²) in [6.07, 6.45) is 1.18. The molecule has 0 fully saturated rings. The summed E-state index contributed by atoms with van der Waals surface area (Å²) >= 11 is 0. The Bertz CT molecular complexity index is 223. The Morgan fingerprint density at radius 2 is 2.50 bits per heavy atom. The molecule has 0 amide bonds. The van der Waals surface area contributed by atoms with Gasteiger partial charge >= 0.3 is 0 Å². The van der Waals surface area contributed by atoms with Crippen molar-refractivity contribution in [2.45, 2.75) is 19.6 Å². The van der Waals surface area contributed by atoms with Gasteiger partial charge in [-0.15, -0.1) is 0 Å². The number of rotatable bonds is 7. The number of hydrogen-bond donors (Lipinski definition) is 2. The first-order chi connectivity index (χ1) is 6.83. The van der Waals surface area contributed by atoms with Crippen LogP contribution in [0.5, 0.6) is 0 Å². The predicted molar refractivity (Wildman–Crippen MR) is 52.9 cm³/mol. The summed E-state index contributed by atoms with van der Waals surface area (Å²) in [5.41, 5.74) is 0. The van der Waals surface area contributed by atoms with Crippen molar-refractivity contribution < 1.29 is 14.3 Å². The molecule has 0 aliphatic heterocycles. The van der Waals surface area contributed by atoms with Gasteiger partial charge in [0, 0.05) is 13.2 Å². The third-order valence-corrected chi connectivity index (χ3v) is 1.77. The molecule has 1 aromatic rings. The molecule has 0 spiro atoms. The highest BCUT2D eigenvalue weighted by molar-refractivity contribution is 4.97. The van der Waals surface area contributed by atoms with E-state index in [1.54, 1.807) is 6.26 Å². The van der Waals surface area contributed by atoms with Crippen LogP contribution in [0.2, 0.25) is 0 Å². The molecular formula is C10H17NO3. The topological polar surface area (TPSA) is 54.6 Å². The summed E-state index contributed by atoms with van der Waals surface area (Å²) in [6.45, 7) is 4.07. The molecule has 0 bridgehead atoms. The fourth-order valence-electron chi connectivity index (χ4n) is 1.09. The monoisotopic (exact) mass is 199 g/mol. The Kier molecular flexibility index (Phi) is 5.29. The lowest BCUT2D eigenvalue weighted by molar-refractivity contribution is 0.0425. The van der Waals surface area contributed by atoms with Gasteiger partial charge in [0.2, 0.25) is 0 Å². The van der Waals surface area contributed by atoms with Crippen molar-refractivity contribution in [3.63, 3.8) is 0 Å². The van der Waals surface area contributed by atoms with Gasteiger partial charge in [0.15, 0.2) is 0 Å². The van der Waals surface area contributed by atoms with Crippen LogP contribution in [0.15, 0.2) is 22.8 Å². The molecule has 1 unspecified atom stereocenters. The molecule has 4 heteroatoms. The lowest BCUT2D eigenvalue weighted by Gasteiger charge is -2.10. The first-order valence-corrected chi connectivity index (χ1v) is 4.81. The third-order valence-electron chi connectivity index (χ3n) is 1.77. The van der Waals surface area contributed by atoms with Crippen LogP contribution in [-0.2, 0) is 11.3 Å². The Hall–Kier alpha value is -0.840. The number of ether oxygens (including phenoxy) is 1. The maximum Gasteiger partial charge on any atom is 0.117 e. The number of furan rings is 1. The molecule has 2 N–H and O–H groups in total. The molecule has 80 valence electrons. The molecule has 1 heterocycles. The normalized spacial score (nSPS) is 13.0. The zero-order valence-corrected chi connectivity index (χ0v) is 8.40. The van der Waals surface area contributed by atoms with Crippen molar-refractivity contribution in [1.82, 2.24) is 5.32 Å². The smallest absolute Gasteiger partial charge is 0.117 e. The van der Waals surface area contributed by atoms with Crippen LogP contribution < -0.4 is 5.32 Å². The van der Waals surface area contributed by atoms with E-state index >= 15 is 0 Å². The van der Waals surface area contributed by atoms with Crippen molar-refractivity contribution >= 4 is 0 Å². The fourth-order valence-corrected chi connectivity index (χ4v) is 1.09. The summed E-state index contributed by atoms with van der Waals surface area (Å²) < 4.78 is 10.2. The molecule has 0 radical (unpaired) electrons. The maximum absolute atomic E-state index is 9.39. The summed E-state index contributed by atoms with van der Waals surface area (Å²) in [7, 11) is 0. The van der Waals surface area contributed by atoms with E-state index in [4.69, 9.17) is 9.15 Å². The van der Waals surface area contributed by atoms with Crippen LogP contribution in [0.4, 0.5) is 0 Å². The first-order valence-electron chi connectivity index (χ1n) is 4.81. The third kappa shape index (κ3) is 4.41. The van der Waals surface area contributed by atoms with Crippen molar-refractivity contribution in [2.24, 2.45) is 0 Å². The minimum absolute atomic E-state index is 0.377. The summed E-state index contributed by atoms with van der Waals surface area (Å²) in [5.74, 6) is 0.869. The fraction of sp³-hybridized carbons (Fsp3) is 0.600. The number of nitrogens with one attached hydrogen (secondary N) is 1. The molecule has 0 saturated carbocycles. The van der Waals surface area contributed by atoms with Crippen molar-refractivity contribution in [1.29, 1.82) is 0 Å². The first kappa shape index (κ1) is 11.2. The summed E-state index contributed by atoms with van der Waals surface area (Å²) in [6, 6.07) is 3.73. The molecule has 14 heavy (non-hydrogen) atoms. The minimum atomic E-state index is -0.454. The average Bonchev–Trinajstić information content (AvgIpc) is 2.67. The van der Waals surface area contributed by atoms with Crippen LogP contribution in [0, 0.1) is 0 Å². The van der Waals surface area contributed by atoms with Gasteiger partial charge < -0.3 is 19.6 Å². The van der Waals surface area contributed by atoms with Crippen LogP contribution in [-0.4, -0.2) is 31.0 Å². The molecule has 0 aliphatic rings. The quantitative estimate of drug-likeness (QED) is 0.681. The molecular weight excluding hydrogens is 182 g/mol. The van der Waals surface area contributed by atoms with E-state index in [-0.39, 0.29) is 0 Å². The minimum Gasteiger partial charge on any atom is -0.468 e. The zero-order valence-electron chi connectivity index (χ0n) is 8.40. The van der Waals surface area contributed by atoms with E-state index in [9.17, 15) is 5.11 Å². The average molecular weight is 199 g/mol. The summed E-state index contributed by atoms with van der Waals surface area (Å²) in [5, 5.41) is 12.5. The van der Waals surface area contributed by atoms with Gasteiger partial charge in [0.25, 0.3) is 0 Å². The van der Waals surface area contributed by atoms with E-state index in [0.29, 0.717) is 26.3 Å². The van der Waals surface area contributed by atoms with Gasteiger partial charge in [-0.1, -0.05) is 0 Å². The number of aliphatic hydroxyl groups excluding tert-OH is 1. The van der Waals surface area contributed by atoms with Gasteiger partial charge in [-0.3, -0.25) is 0 Å². The summed E-state index contributed by atoms with van der Waals surface area (Å²) in [4.78, 5) is 0. The van der Waals surface area contributed by atoms with Crippen LogP contribution in [0.1, 0.15) is 12.7 Å². The molecule has 1 aromatic heterocycles. The second-order valence-electron chi connectivity index (χ2n) is 3.02. The second-order valence-corrected chi connectivity index (χ2v) is 3.02. The Balaban J connectivity index is 2.03. The lowest BCUT2D eigenvalue weighted by Crippen LogP contribution is -2.29. The molecule has 0 aromatic carbocycles. The molecule has 4 nitrogen and oxygen atoms in total.